The van der Waals surface area contributed by atoms with Crippen LogP contribution < -0.4 is 50.1 Å². The molecule has 98 heavy (non-hydrogen) atoms. The summed E-state index contributed by atoms with van der Waals surface area (Å²) in [5.74, 6) is 10.7. The molecule has 11 nitrogen and oxygen atoms in total. The summed E-state index contributed by atoms with van der Waals surface area (Å²) in [6.07, 6.45) is 17.2. The van der Waals surface area contributed by atoms with Crippen molar-refractivity contribution in [2.45, 2.75) is 95.0 Å². The van der Waals surface area contributed by atoms with E-state index in [1.165, 1.54) is 35.2 Å². The van der Waals surface area contributed by atoms with Gasteiger partial charge in [-0.3, -0.25) is 9.88 Å². The zero-order valence-corrected chi connectivity index (χ0v) is 60.0. The van der Waals surface area contributed by atoms with Crippen LogP contribution in [0.25, 0.3) is 0 Å². The highest BCUT2D eigenvalue weighted by molar-refractivity contribution is 9.09. The van der Waals surface area contributed by atoms with Crippen LogP contribution in [0.15, 0.2) is 267 Å². The molecular weight excluding hydrogens is 1350 g/mol. The molecule has 0 radical (unpaired) electrons. The predicted octanol–water partition coefficient (Wildman–Crippen LogP) is 20.0. The van der Waals surface area contributed by atoms with Crippen molar-refractivity contribution < 1.29 is 55.2 Å². The third kappa shape index (κ3) is 38.5. The average molecular weight is 1450 g/mol. The third-order valence-corrected chi connectivity index (χ3v) is 14.4. The molecule has 0 bridgehead atoms. The Balaban J connectivity index is 0.000000418. The van der Waals surface area contributed by atoms with E-state index in [9.17, 15) is 0 Å². The molecular formula is C83H101BrCl3N3O8. The highest BCUT2D eigenvalue weighted by Gasteiger charge is 2.07. The molecule has 0 spiro atoms. The zero-order chi connectivity index (χ0) is 67.8. The maximum atomic E-state index is 9.10. The first-order valence-electron chi connectivity index (χ1n) is 32.3. The lowest BCUT2D eigenvalue weighted by atomic mass is 10.2. The Morgan fingerprint density at radius 1 is 0.418 bits per heavy atom. The number of aryl methyl sites for hydroxylation is 5. The van der Waals surface area contributed by atoms with E-state index in [1.54, 1.807) is 36.7 Å². The quantitative estimate of drug-likeness (QED) is 0.0272. The van der Waals surface area contributed by atoms with Crippen molar-refractivity contribution in [2.75, 3.05) is 56.5 Å². The molecule has 524 valence electrons. The van der Waals surface area contributed by atoms with Gasteiger partial charge in [-0.15, -0.1) is 23.2 Å². The molecule has 0 amide bonds. The van der Waals surface area contributed by atoms with Gasteiger partial charge >= 0.3 is 0 Å². The van der Waals surface area contributed by atoms with Crippen LogP contribution in [0.5, 0.6) is 69.0 Å². The van der Waals surface area contributed by atoms with E-state index in [4.69, 9.17) is 61.5 Å². The number of benzene rings is 8. The molecule has 3 heterocycles. The Kier molecular flexibility index (Phi) is 46.8. The van der Waals surface area contributed by atoms with Gasteiger partial charge in [0.05, 0.1) is 19.8 Å². The standard InChI is InChI=1S/C21H25NO2.C21H22NO2.C16H17ClO2.C13H12O2.C5H5N.C3H6BrCl.C2H6.2CH4.ClH/c2*1-18-6-8-20(9-7-18)24-21-12-10-19(11-13-21)23-17-5-16-22-14-3-2-4-15-22;1-13-3-5-15(6-4-13)19-16-9-7-14(8-10-16)18-12-2-11-17;1-10-2-6-12(7-3-10)15-13-8-4-11(14)5-9-13;1-2-4-6-5-3-1;4-2-1-3-5;1-2;;;/h2-3,6-13H,4-5,14-17H2,1H3;2-4,6-15H,5,16-17H2,1H3;3-10H,2,11-12H2,1H3;2-9,14H,1H3;1-5H;1-3H2;1-2H3;2*1H4;1H/q;+1;;;;;;;;/p-1. The second-order valence-electron chi connectivity index (χ2n) is 21.3. The summed E-state index contributed by atoms with van der Waals surface area (Å²) in [5, 5.41) is 10.1. The van der Waals surface area contributed by atoms with E-state index in [0.717, 1.165) is 126 Å². The Morgan fingerprint density at radius 2 is 0.735 bits per heavy atom. The van der Waals surface area contributed by atoms with Crippen LogP contribution in [0.4, 0.5) is 0 Å². The van der Waals surface area contributed by atoms with E-state index in [1.807, 2.05) is 227 Å². The number of nitrogens with zero attached hydrogens (tertiary/aromatic N) is 3. The molecule has 1 N–H and O–H groups in total. The lowest BCUT2D eigenvalue weighted by Crippen LogP contribution is -3.00. The summed E-state index contributed by atoms with van der Waals surface area (Å²) < 4.78 is 42.2. The first-order valence-corrected chi connectivity index (χ1v) is 34.5. The summed E-state index contributed by atoms with van der Waals surface area (Å²) in [5.41, 5.74) is 4.87. The average Bonchev–Trinajstić information content (AvgIpc) is 1.08. The van der Waals surface area contributed by atoms with Crippen molar-refractivity contribution in [3.05, 3.63) is 290 Å². The van der Waals surface area contributed by atoms with Gasteiger partial charge in [0.25, 0.3) is 0 Å². The van der Waals surface area contributed by atoms with Crippen LogP contribution in [-0.2, 0) is 6.54 Å². The van der Waals surface area contributed by atoms with E-state index in [2.05, 4.69) is 75.7 Å². The van der Waals surface area contributed by atoms with Crippen LogP contribution in [0, 0.1) is 27.7 Å². The van der Waals surface area contributed by atoms with E-state index in [-0.39, 0.29) is 33.0 Å². The molecule has 11 rings (SSSR count). The van der Waals surface area contributed by atoms with Crippen LogP contribution >= 0.6 is 39.1 Å². The number of rotatable bonds is 24. The highest BCUT2D eigenvalue weighted by Crippen LogP contribution is 2.28. The normalized spacial score (nSPS) is 10.6. The topological polar surface area (TPSA) is 105 Å². The molecule has 0 unspecified atom stereocenters. The predicted molar refractivity (Wildman–Crippen MR) is 409 cm³/mol. The largest absolute Gasteiger partial charge is 1.00 e. The molecule has 1 aliphatic heterocycles. The van der Waals surface area contributed by atoms with Crippen LogP contribution in [0.3, 0.4) is 0 Å². The number of aromatic hydroxyl groups is 1. The van der Waals surface area contributed by atoms with E-state index >= 15 is 0 Å². The molecule has 0 saturated carbocycles. The minimum atomic E-state index is 0. The molecule has 0 atom stereocenters. The molecule has 0 fully saturated rings. The summed E-state index contributed by atoms with van der Waals surface area (Å²) in [6.45, 7) is 18.6. The minimum absolute atomic E-state index is 0. The third-order valence-electron chi connectivity index (χ3n) is 13.4. The van der Waals surface area contributed by atoms with Crippen molar-refractivity contribution in [3.8, 4) is 69.0 Å². The SMILES string of the molecule is C.C.CC.Cc1ccc(Oc2ccc(O)cc2)cc1.Cc1ccc(Oc2ccc(OCCCCl)cc2)cc1.Cc1ccc(Oc2ccc(OCCCN3CC=CCC3)cc2)cc1.Cc1ccc(Oc2ccc(OCCC[n+]3ccccc3)cc2)cc1.ClCCCBr.[Cl-].c1ccncc1. The van der Waals surface area contributed by atoms with Gasteiger partial charge in [-0.1, -0.05) is 140 Å². The Hall–Kier alpha value is -8.49. The van der Waals surface area contributed by atoms with Gasteiger partial charge < -0.3 is 50.7 Å². The lowest BCUT2D eigenvalue weighted by molar-refractivity contribution is -0.697. The van der Waals surface area contributed by atoms with E-state index < -0.39 is 0 Å². The van der Waals surface area contributed by atoms with Gasteiger partial charge in [-0.05, 0) is 211 Å². The van der Waals surface area contributed by atoms with Crippen molar-refractivity contribution in [2.24, 2.45) is 0 Å². The summed E-state index contributed by atoms with van der Waals surface area (Å²) >= 11 is 14.1. The van der Waals surface area contributed by atoms with Gasteiger partial charge in [0.1, 0.15) is 69.0 Å². The number of aromatic nitrogens is 2. The molecule has 2 aromatic heterocycles. The zero-order valence-electron chi connectivity index (χ0n) is 56.2. The fourth-order valence-electron chi connectivity index (χ4n) is 8.29. The number of ether oxygens (including phenoxy) is 7. The number of phenols is 1. The molecule has 10 aromatic rings. The summed E-state index contributed by atoms with van der Waals surface area (Å²) in [6, 6.07) is 73.5. The molecule has 15 heteroatoms. The van der Waals surface area contributed by atoms with Gasteiger partial charge in [0, 0.05) is 67.7 Å². The first kappa shape index (κ1) is 85.6. The number of alkyl halides is 3. The van der Waals surface area contributed by atoms with Crippen LogP contribution in [-0.4, -0.2) is 71.5 Å². The molecule has 8 aromatic carbocycles. The maximum absolute atomic E-state index is 9.10. The molecule has 0 saturated heterocycles. The van der Waals surface area contributed by atoms with Gasteiger partial charge in [-0.2, -0.15) is 0 Å². The lowest BCUT2D eigenvalue weighted by Gasteiger charge is -2.22. The van der Waals surface area contributed by atoms with Gasteiger partial charge in [0.2, 0.25) is 0 Å². The minimum Gasteiger partial charge on any atom is -1.00 e. The van der Waals surface area contributed by atoms with E-state index in [0.29, 0.717) is 19.1 Å². The van der Waals surface area contributed by atoms with Crippen molar-refractivity contribution in [1.29, 1.82) is 0 Å². The van der Waals surface area contributed by atoms with Crippen molar-refractivity contribution in [1.82, 2.24) is 9.88 Å². The van der Waals surface area contributed by atoms with Crippen LogP contribution in [0.2, 0.25) is 0 Å². The Morgan fingerprint density at radius 3 is 1.03 bits per heavy atom. The summed E-state index contributed by atoms with van der Waals surface area (Å²) in [7, 11) is 0. The van der Waals surface area contributed by atoms with Gasteiger partial charge in [-0.25, -0.2) is 4.57 Å². The molecule has 1 aliphatic rings. The van der Waals surface area contributed by atoms with Gasteiger partial charge in [0.15, 0.2) is 18.9 Å². The van der Waals surface area contributed by atoms with Crippen molar-refractivity contribution >= 4 is 39.1 Å². The maximum Gasteiger partial charge on any atom is 0.168 e. The number of halogens is 4. The summed E-state index contributed by atoms with van der Waals surface area (Å²) in [4.78, 5) is 6.24. The monoisotopic (exact) mass is 1450 g/mol. The Bertz CT molecular complexity index is 3450. The van der Waals surface area contributed by atoms with Crippen LogP contribution in [0.1, 0.15) is 83.1 Å². The van der Waals surface area contributed by atoms with Crippen molar-refractivity contribution in [3.63, 3.8) is 0 Å². The number of hydrogen-bond donors (Lipinski definition) is 1. The first-order chi connectivity index (χ1) is 46.5. The fourth-order valence-corrected chi connectivity index (χ4v) is 9.14. The second kappa shape index (κ2) is 53.5. The smallest absolute Gasteiger partial charge is 0.168 e. The number of phenolic OH excluding ortho intramolecular Hbond substituents is 1. The Labute approximate surface area is 610 Å². The fraction of sp³-hybridized carbons (Fsp3) is 0.277. The molecule has 0 aliphatic carbocycles. The number of hydrogen-bond acceptors (Lipinski definition) is 10. The number of pyridine rings is 2. The highest BCUT2D eigenvalue weighted by atomic mass is 79.9. The second-order valence-corrected chi connectivity index (χ2v) is 22.8.